The summed E-state index contributed by atoms with van der Waals surface area (Å²) < 4.78 is 5.15. The van der Waals surface area contributed by atoms with Crippen LogP contribution < -0.4 is 5.32 Å². The number of nitrogens with one attached hydrogen (secondary N) is 1. The van der Waals surface area contributed by atoms with Gasteiger partial charge in [-0.15, -0.1) is 0 Å². The van der Waals surface area contributed by atoms with Crippen molar-refractivity contribution in [1.29, 1.82) is 0 Å². The SMILES string of the molecule is CC(C)Cc1noc([C@H]2CCN2)n1. The summed E-state index contributed by atoms with van der Waals surface area (Å²) in [6, 6.07) is 0.313. The van der Waals surface area contributed by atoms with Crippen LogP contribution in [0.3, 0.4) is 0 Å². The minimum absolute atomic E-state index is 0.313. The summed E-state index contributed by atoms with van der Waals surface area (Å²) in [6.07, 6.45) is 2.01. The Bertz CT molecular complexity index is 278. The van der Waals surface area contributed by atoms with Crippen LogP contribution in [0.15, 0.2) is 4.52 Å². The van der Waals surface area contributed by atoms with Crippen LogP contribution in [0.4, 0.5) is 0 Å². The average Bonchev–Trinajstić information content (AvgIpc) is 2.31. The van der Waals surface area contributed by atoms with Crippen LogP contribution >= 0.6 is 0 Å². The first-order valence-corrected chi connectivity index (χ1v) is 4.81. The van der Waals surface area contributed by atoms with Gasteiger partial charge >= 0.3 is 0 Å². The molecule has 2 rings (SSSR count). The van der Waals surface area contributed by atoms with E-state index >= 15 is 0 Å². The van der Waals surface area contributed by atoms with Gasteiger partial charge < -0.3 is 9.84 Å². The Hall–Kier alpha value is -0.900. The molecule has 1 N–H and O–H groups in total. The van der Waals surface area contributed by atoms with E-state index in [1.54, 1.807) is 0 Å². The molecule has 2 heterocycles. The van der Waals surface area contributed by atoms with Crippen molar-refractivity contribution in [1.82, 2.24) is 15.5 Å². The highest BCUT2D eigenvalue weighted by atomic mass is 16.5. The molecule has 1 fully saturated rings. The lowest BCUT2D eigenvalue weighted by molar-refractivity contribution is 0.272. The standard InChI is InChI=1S/C9H15N3O/c1-6(2)5-8-11-9(13-12-8)7-3-4-10-7/h6-7,10H,3-5H2,1-2H3/t7-/m1/s1. The quantitative estimate of drug-likeness (QED) is 0.763. The molecule has 1 atom stereocenters. The predicted molar refractivity (Wildman–Crippen MR) is 48.2 cm³/mol. The van der Waals surface area contributed by atoms with Crippen molar-refractivity contribution in [2.24, 2.45) is 5.92 Å². The molecule has 72 valence electrons. The molecule has 1 aliphatic heterocycles. The maximum atomic E-state index is 5.15. The molecule has 13 heavy (non-hydrogen) atoms. The van der Waals surface area contributed by atoms with Gasteiger partial charge in [0, 0.05) is 6.42 Å². The molecule has 0 radical (unpaired) electrons. The summed E-state index contributed by atoms with van der Waals surface area (Å²) in [6.45, 7) is 5.36. The molecule has 0 saturated carbocycles. The van der Waals surface area contributed by atoms with Crippen molar-refractivity contribution in [3.8, 4) is 0 Å². The molecule has 0 unspecified atom stereocenters. The first-order chi connectivity index (χ1) is 6.25. The van der Waals surface area contributed by atoms with Crippen molar-refractivity contribution < 1.29 is 4.52 Å². The molecule has 0 amide bonds. The van der Waals surface area contributed by atoms with Gasteiger partial charge in [0.15, 0.2) is 5.82 Å². The highest BCUT2D eigenvalue weighted by Crippen LogP contribution is 2.20. The fourth-order valence-corrected chi connectivity index (χ4v) is 1.36. The van der Waals surface area contributed by atoms with E-state index in [1.807, 2.05) is 0 Å². The highest BCUT2D eigenvalue weighted by molar-refractivity contribution is 4.97. The van der Waals surface area contributed by atoms with Crippen molar-refractivity contribution in [2.75, 3.05) is 6.54 Å². The largest absolute Gasteiger partial charge is 0.338 e. The minimum atomic E-state index is 0.313. The third kappa shape index (κ3) is 1.88. The molecule has 0 spiro atoms. The van der Waals surface area contributed by atoms with Crippen molar-refractivity contribution in [2.45, 2.75) is 32.7 Å². The molecule has 1 saturated heterocycles. The summed E-state index contributed by atoms with van der Waals surface area (Å²) in [4.78, 5) is 4.33. The van der Waals surface area contributed by atoms with Crippen molar-refractivity contribution >= 4 is 0 Å². The maximum absolute atomic E-state index is 5.15. The van der Waals surface area contributed by atoms with E-state index in [0.29, 0.717) is 12.0 Å². The van der Waals surface area contributed by atoms with Crippen LogP contribution in [0.5, 0.6) is 0 Å². The van der Waals surface area contributed by atoms with E-state index in [1.165, 1.54) is 0 Å². The number of hydrogen-bond donors (Lipinski definition) is 1. The predicted octanol–water partition coefficient (Wildman–Crippen LogP) is 1.30. The molecule has 0 bridgehead atoms. The van der Waals surface area contributed by atoms with Crippen molar-refractivity contribution in [3.05, 3.63) is 11.7 Å². The van der Waals surface area contributed by atoms with Crippen LogP contribution in [0.2, 0.25) is 0 Å². The third-order valence-corrected chi connectivity index (χ3v) is 2.20. The normalized spacial score (nSPS) is 21.9. The molecule has 1 aromatic rings. The lowest BCUT2D eigenvalue weighted by atomic mass is 10.1. The fourth-order valence-electron chi connectivity index (χ4n) is 1.36. The van der Waals surface area contributed by atoms with Gasteiger partial charge in [-0.05, 0) is 18.9 Å². The Kier molecular flexibility index (Phi) is 2.31. The van der Waals surface area contributed by atoms with Crippen LogP contribution in [0, 0.1) is 5.92 Å². The summed E-state index contributed by atoms with van der Waals surface area (Å²) in [7, 11) is 0. The minimum Gasteiger partial charge on any atom is -0.338 e. The number of aromatic nitrogens is 2. The van der Waals surface area contributed by atoms with Gasteiger partial charge in [-0.25, -0.2) is 0 Å². The van der Waals surface area contributed by atoms with Gasteiger partial charge in [0.2, 0.25) is 5.89 Å². The average molecular weight is 181 g/mol. The van der Waals surface area contributed by atoms with Gasteiger partial charge in [0.25, 0.3) is 0 Å². The van der Waals surface area contributed by atoms with Crippen LogP contribution in [0.25, 0.3) is 0 Å². The Morgan fingerprint density at radius 1 is 1.62 bits per heavy atom. The summed E-state index contributed by atoms with van der Waals surface area (Å²) in [5.74, 6) is 2.17. The molecule has 4 heteroatoms. The van der Waals surface area contributed by atoms with E-state index in [-0.39, 0.29) is 0 Å². The zero-order valence-corrected chi connectivity index (χ0v) is 8.08. The molecule has 0 aromatic carbocycles. The topological polar surface area (TPSA) is 51.0 Å². The molecular formula is C9H15N3O. The number of nitrogens with zero attached hydrogens (tertiary/aromatic N) is 2. The van der Waals surface area contributed by atoms with E-state index in [9.17, 15) is 0 Å². The summed E-state index contributed by atoms with van der Waals surface area (Å²) in [5, 5.41) is 7.17. The first kappa shape index (κ1) is 8.69. The lowest BCUT2D eigenvalue weighted by Crippen LogP contribution is -2.35. The van der Waals surface area contributed by atoms with E-state index in [4.69, 9.17) is 4.52 Å². The number of rotatable bonds is 3. The van der Waals surface area contributed by atoms with Crippen molar-refractivity contribution in [3.63, 3.8) is 0 Å². The zero-order valence-electron chi connectivity index (χ0n) is 8.08. The van der Waals surface area contributed by atoms with E-state index in [2.05, 4.69) is 29.3 Å². The van der Waals surface area contributed by atoms with Gasteiger partial charge in [-0.3, -0.25) is 0 Å². The van der Waals surface area contributed by atoms with Gasteiger partial charge in [-0.1, -0.05) is 19.0 Å². The van der Waals surface area contributed by atoms with Crippen LogP contribution in [-0.4, -0.2) is 16.7 Å². The lowest BCUT2D eigenvalue weighted by Gasteiger charge is -2.23. The highest BCUT2D eigenvalue weighted by Gasteiger charge is 2.24. The molecule has 1 aliphatic rings. The van der Waals surface area contributed by atoms with Gasteiger partial charge in [0.05, 0.1) is 6.04 Å². The van der Waals surface area contributed by atoms with Gasteiger partial charge in [0.1, 0.15) is 0 Å². The first-order valence-electron chi connectivity index (χ1n) is 4.81. The summed E-state index contributed by atoms with van der Waals surface area (Å²) >= 11 is 0. The second-order valence-corrected chi connectivity index (χ2v) is 3.94. The Labute approximate surface area is 77.7 Å². The Morgan fingerprint density at radius 2 is 2.38 bits per heavy atom. The molecule has 4 nitrogen and oxygen atoms in total. The smallest absolute Gasteiger partial charge is 0.243 e. The maximum Gasteiger partial charge on any atom is 0.243 e. The van der Waals surface area contributed by atoms with Crippen LogP contribution in [-0.2, 0) is 6.42 Å². The second kappa shape index (κ2) is 3.46. The molecular weight excluding hydrogens is 166 g/mol. The Balaban J connectivity index is 2.00. The third-order valence-electron chi connectivity index (χ3n) is 2.20. The van der Waals surface area contributed by atoms with E-state index < -0.39 is 0 Å². The molecule has 0 aliphatic carbocycles. The monoisotopic (exact) mass is 181 g/mol. The number of hydrogen-bond acceptors (Lipinski definition) is 4. The zero-order chi connectivity index (χ0) is 9.26. The summed E-state index contributed by atoms with van der Waals surface area (Å²) in [5.41, 5.74) is 0. The fraction of sp³-hybridized carbons (Fsp3) is 0.778. The molecule has 1 aromatic heterocycles. The second-order valence-electron chi connectivity index (χ2n) is 3.94. The Morgan fingerprint density at radius 3 is 2.92 bits per heavy atom. The van der Waals surface area contributed by atoms with E-state index in [0.717, 1.165) is 31.1 Å². The van der Waals surface area contributed by atoms with Gasteiger partial charge in [-0.2, -0.15) is 4.98 Å². The van der Waals surface area contributed by atoms with Crippen LogP contribution in [0.1, 0.15) is 38.0 Å².